The van der Waals surface area contributed by atoms with Gasteiger partial charge in [-0.2, -0.15) is 8.78 Å². The van der Waals surface area contributed by atoms with Gasteiger partial charge in [-0.1, -0.05) is 0 Å². The van der Waals surface area contributed by atoms with Crippen LogP contribution in [0.2, 0.25) is 0 Å². The first-order chi connectivity index (χ1) is 7.39. The van der Waals surface area contributed by atoms with Gasteiger partial charge in [0.05, 0.1) is 12.6 Å². The van der Waals surface area contributed by atoms with E-state index in [9.17, 15) is 18.4 Å². The van der Waals surface area contributed by atoms with E-state index in [0.717, 1.165) is 0 Å². The van der Waals surface area contributed by atoms with Crippen LogP contribution in [0.3, 0.4) is 0 Å². The first-order valence-corrected chi connectivity index (χ1v) is 4.93. The van der Waals surface area contributed by atoms with Crippen LogP contribution in [0.5, 0.6) is 0 Å². The van der Waals surface area contributed by atoms with Crippen LogP contribution in [0, 0.1) is 0 Å². The minimum Gasteiger partial charge on any atom is -0.480 e. The van der Waals surface area contributed by atoms with Gasteiger partial charge in [-0.25, -0.2) is 4.79 Å². The molecule has 1 fully saturated rings. The van der Waals surface area contributed by atoms with Crippen LogP contribution in [0.15, 0.2) is 0 Å². The third-order valence-corrected chi connectivity index (χ3v) is 2.43. The molecule has 1 unspecified atom stereocenters. The highest BCUT2D eigenvalue weighted by molar-refractivity contribution is 5.79. The summed E-state index contributed by atoms with van der Waals surface area (Å²) in [6.07, 6.45) is 0.0117. The van der Waals surface area contributed by atoms with E-state index in [4.69, 9.17) is 5.11 Å². The number of halogens is 2. The molecular weight excluding hydrogens is 224 g/mol. The highest BCUT2D eigenvalue weighted by Gasteiger charge is 2.52. The second-order valence-corrected chi connectivity index (χ2v) is 3.53. The molecule has 2 N–H and O–H groups in total. The van der Waals surface area contributed by atoms with Crippen LogP contribution in [0.1, 0.15) is 19.8 Å². The fraction of sp³-hybridized carbons (Fsp3) is 0.778. The predicted octanol–water partition coefficient (Wildman–Crippen LogP) is 0.390. The summed E-state index contributed by atoms with van der Waals surface area (Å²) in [5.41, 5.74) is 0. The van der Waals surface area contributed by atoms with Gasteiger partial charge in [-0.3, -0.25) is 10.1 Å². The van der Waals surface area contributed by atoms with E-state index < -0.39 is 29.9 Å². The minimum atomic E-state index is -3.68. The van der Waals surface area contributed by atoms with Gasteiger partial charge in [0.1, 0.15) is 6.04 Å². The lowest BCUT2D eigenvalue weighted by molar-refractivity contribution is -0.175. The summed E-state index contributed by atoms with van der Waals surface area (Å²) in [5.74, 6) is -6.49. The second kappa shape index (κ2) is 4.73. The van der Waals surface area contributed by atoms with Crippen LogP contribution in [0.25, 0.3) is 0 Å². The molecule has 1 rings (SSSR count). The molecule has 0 aromatic carbocycles. The maximum atomic E-state index is 13.4. The van der Waals surface area contributed by atoms with Crippen molar-refractivity contribution >= 4 is 11.9 Å². The maximum Gasteiger partial charge on any atom is 0.378 e. The lowest BCUT2D eigenvalue weighted by atomic mass is 10.1. The van der Waals surface area contributed by atoms with Crippen molar-refractivity contribution < 1.29 is 28.2 Å². The number of hydrogen-bond donors (Lipinski definition) is 2. The monoisotopic (exact) mass is 237 g/mol. The summed E-state index contributed by atoms with van der Waals surface area (Å²) in [5, 5.41) is 10.8. The van der Waals surface area contributed by atoms with Gasteiger partial charge in [-0.05, 0) is 19.8 Å². The molecule has 92 valence electrons. The number of esters is 1. The average molecular weight is 237 g/mol. The Balaban J connectivity index is 2.64. The first kappa shape index (κ1) is 12.8. The zero-order valence-corrected chi connectivity index (χ0v) is 8.70. The lowest BCUT2D eigenvalue weighted by Crippen LogP contribution is -2.50. The van der Waals surface area contributed by atoms with Crippen LogP contribution in [0.4, 0.5) is 8.78 Å². The third kappa shape index (κ3) is 2.46. The Labute approximate surface area is 90.8 Å². The van der Waals surface area contributed by atoms with Gasteiger partial charge in [0.2, 0.25) is 0 Å². The van der Waals surface area contributed by atoms with Crippen LogP contribution in [-0.2, 0) is 14.3 Å². The molecule has 1 heterocycles. The standard InChI is InChI=1S/C9H13F2NO4/c1-2-16-8(15)9(10,11)6-4-3-5(12-6)7(13)14/h5-6,12H,2-4H2,1H3,(H,13,14)/t5-,6?/m0/s1. The van der Waals surface area contributed by atoms with Crippen molar-refractivity contribution in [3.8, 4) is 0 Å². The van der Waals surface area contributed by atoms with Gasteiger partial charge in [0.15, 0.2) is 0 Å². The Morgan fingerprint density at radius 1 is 1.50 bits per heavy atom. The molecule has 0 spiro atoms. The van der Waals surface area contributed by atoms with Crippen molar-refractivity contribution in [1.82, 2.24) is 5.32 Å². The molecule has 0 saturated carbocycles. The minimum absolute atomic E-state index is 0.0667. The first-order valence-electron chi connectivity index (χ1n) is 4.93. The average Bonchev–Trinajstić information content (AvgIpc) is 2.67. The number of nitrogens with one attached hydrogen (secondary N) is 1. The number of aliphatic carboxylic acids is 1. The Kier molecular flexibility index (Phi) is 3.79. The Morgan fingerprint density at radius 3 is 2.56 bits per heavy atom. The van der Waals surface area contributed by atoms with E-state index >= 15 is 0 Å². The SMILES string of the molecule is CCOC(=O)C(F)(F)C1CC[C@@H](C(=O)O)N1. The molecule has 1 saturated heterocycles. The highest BCUT2D eigenvalue weighted by atomic mass is 19.3. The molecule has 0 aromatic heterocycles. The quantitative estimate of drug-likeness (QED) is 0.692. The zero-order valence-electron chi connectivity index (χ0n) is 8.70. The van der Waals surface area contributed by atoms with E-state index in [1.165, 1.54) is 6.92 Å². The van der Waals surface area contributed by atoms with E-state index in [0.29, 0.717) is 0 Å². The summed E-state index contributed by atoms with van der Waals surface area (Å²) in [4.78, 5) is 21.5. The van der Waals surface area contributed by atoms with Gasteiger partial charge in [0, 0.05) is 0 Å². The van der Waals surface area contributed by atoms with Gasteiger partial charge < -0.3 is 9.84 Å². The number of hydrogen-bond acceptors (Lipinski definition) is 4. The van der Waals surface area contributed by atoms with Crippen molar-refractivity contribution in [1.29, 1.82) is 0 Å². The normalized spacial score (nSPS) is 25.4. The molecule has 0 aromatic rings. The Morgan fingerprint density at radius 2 is 2.12 bits per heavy atom. The van der Waals surface area contributed by atoms with E-state index in [1.807, 2.05) is 0 Å². The van der Waals surface area contributed by atoms with Crippen molar-refractivity contribution in [2.75, 3.05) is 6.61 Å². The molecule has 1 aliphatic heterocycles. The zero-order chi connectivity index (χ0) is 12.3. The molecule has 0 amide bonds. The molecule has 0 bridgehead atoms. The van der Waals surface area contributed by atoms with Crippen LogP contribution in [-0.4, -0.2) is 41.7 Å². The predicted molar refractivity (Wildman–Crippen MR) is 49.2 cm³/mol. The number of carboxylic acid groups (broad SMARTS) is 1. The summed E-state index contributed by atoms with van der Waals surface area (Å²) >= 11 is 0. The fourth-order valence-corrected chi connectivity index (χ4v) is 1.59. The number of rotatable bonds is 4. The van der Waals surface area contributed by atoms with Crippen molar-refractivity contribution in [2.45, 2.75) is 37.8 Å². The molecule has 5 nitrogen and oxygen atoms in total. The molecule has 7 heteroatoms. The third-order valence-electron chi connectivity index (χ3n) is 2.43. The van der Waals surface area contributed by atoms with Gasteiger partial charge in [-0.15, -0.1) is 0 Å². The van der Waals surface area contributed by atoms with Gasteiger partial charge in [0.25, 0.3) is 0 Å². The molecule has 1 aliphatic rings. The smallest absolute Gasteiger partial charge is 0.378 e. The van der Waals surface area contributed by atoms with Gasteiger partial charge >= 0.3 is 17.9 Å². The fourth-order valence-electron chi connectivity index (χ4n) is 1.59. The second-order valence-electron chi connectivity index (χ2n) is 3.53. The maximum absolute atomic E-state index is 13.4. The number of carboxylic acids is 1. The topological polar surface area (TPSA) is 75.6 Å². The van der Waals surface area contributed by atoms with E-state index in [2.05, 4.69) is 10.1 Å². The number of carbonyl (C=O) groups excluding carboxylic acids is 1. The lowest BCUT2D eigenvalue weighted by Gasteiger charge is -2.21. The summed E-state index contributed by atoms with van der Waals surface area (Å²) in [7, 11) is 0. The molecule has 0 aliphatic carbocycles. The Bertz CT molecular complexity index is 295. The van der Waals surface area contributed by atoms with Crippen LogP contribution >= 0.6 is 0 Å². The number of ether oxygens (including phenoxy) is 1. The largest absolute Gasteiger partial charge is 0.480 e. The molecular formula is C9H13F2NO4. The molecule has 0 radical (unpaired) electrons. The van der Waals surface area contributed by atoms with E-state index in [-0.39, 0.29) is 19.4 Å². The van der Waals surface area contributed by atoms with Crippen molar-refractivity contribution in [3.63, 3.8) is 0 Å². The van der Waals surface area contributed by atoms with Crippen molar-refractivity contribution in [2.24, 2.45) is 0 Å². The van der Waals surface area contributed by atoms with Crippen molar-refractivity contribution in [3.05, 3.63) is 0 Å². The molecule has 2 atom stereocenters. The van der Waals surface area contributed by atoms with E-state index in [1.54, 1.807) is 0 Å². The Hall–Kier alpha value is -1.24. The van der Waals surface area contributed by atoms with Crippen LogP contribution < -0.4 is 5.32 Å². The summed E-state index contributed by atoms with van der Waals surface area (Å²) in [6, 6.07) is -2.49. The summed E-state index contributed by atoms with van der Waals surface area (Å²) < 4.78 is 31.1. The number of alkyl halides is 2. The highest BCUT2D eigenvalue weighted by Crippen LogP contribution is 2.28. The number of carbonyl (C=O) groups is 2. The molecule has 16 heavy (non-hydrogen) atoms. The summed E-state index contributed by atoms with van der Waals surface area (Å²) in [6.45, 7) is 1.29.